The number of aliphatic imine (C=N–C) groups is 1. The number of anilines is 4. The van der Waals surface area contributed by atoms with Crippen LogP contribution in [0.1, 0.15) is 35.6 Å². The molecular formula is C19H18ClN9. The van der Waals surface area contributed by atoms with Gasteiger partial charge in [0.2, 0.25) is 5.96 Å². The van der Waals surface area contributed by atoms with Crippen LogP contribution in [0.2, 0.25) is 5.02 Å². The molecule has 146 valence electrons. The van der Waals surface area contributed by atoms with Gasteiger partial charge in [0.25, 0.3) is 0 Å². The number of halogens is 1. The van der Waals surface area contributed by atoms with Gasteiger partial charge in [-0.2, -0.15) is 10.5 Å². The molecule has 29 heavy (non-hydrogen) atoms. The van der Waals surface area contributed by atoms with Crippen LogP contribution >= 0.6 is 11.6 Å². The Morgan fingerprint density at radius 2 is 2.00 bits per heavy atom. The molecule has 0 bridgehead atoms. The summed E-state index contributed by atoms with van der Waals surface area (Å²) in [4.78, 5) is 11.0. The SMILES string of the molecule is N#CNC1=NC(c2ccc(N3CCCC3)c(Cl)c2)c2c(nc(N)c(C#N)c2N)N1. The quantitative estimate of drug-likeness (QED) is 0.437. The molecule has 2 aliphatic rings. The first kappa shape index (κ1) is 18.7. The summed E-state index contributed by atoms with van der Waals surface area (Å²) >= 11 is 6.58. The maximum Gasteiger partial charge on any atom is 0.211 e. The standard InChI is InChI=1S/C19H18ClN9/c20-12-7-10(3-4-13(12)29-5-1-2-6-29)16-14-15(23)11(8-21)17(24)27-18(14)28-19(26-16)25-9-22/h3-4,7,16H,1-2,5-6H2,(H6,23,24,25,26,27,28). The molecule has 1 fully saturated rings. The highest BCUT2D eigenvalue weighted by Gasteiger charge is 2.30. The van der Waals surface area contributed by atoms with Crippen molar-refractivity contribution in [2.75, 3.05) is 34.8 Å². The zero-order valence-corrected chi connectivity index (χ0v) is 16.2. The van der Waals surface area contributed by atoms with Gasteiger partial charge in [-0.1, -0.05) is 17.7 Å². The number of aromatic nitrogens is 1. The second kappa shape index (κ2) is 7.38. The zero-order chi connectivity index (χ0) is 20.5. The number of guanidine groups is 1. The van der Waals surface area contributed by atoms with Gasteiger partial charge < -0.3 is 21.7 Å². The monoisotopic (exact) mass is 407 g/mol. The van der Waals surface area contributed by atoms with E-state index in [-0.39, 0.29) is 23.0 Å². The van der Waals surface area contributed by atoms with Gasteiger partial charge in [-0.3, -0.25) is 5.32 Å². The highest BCUT2D eigenvalue weighted by molar-refractivity contribution is 6.33. The number of nitrogens with two attached hydrogens (primary N) is 2. The molecule has 10 heteroatoms. The number of hydrogen-bond acceptors (Lipinski definition) is 9. The number of nitrogens with one attached hydrogen (secondary N) is 2. The molecular weight excluding hydrogens is 390 g/mol. The Balaban J connectivity index is 1.83. The third-order valence-corrected chi connectivity index (χ3v) is 5.39. The topological polar surface area (TPSA) is 152 Å². The third-order valence-electron chi connectivity index (χ3n) is 5.09. The van der Waals surface area contributed by atoms with Crippen molar-refractivity contribution in [2.24, 2.45) is 4.99 Å². The van der Waals surface area contributed by atoms with E-state index in [2.05, 4.69) is 25.5 Å². The molecule has 0 aliphatic carbocycles. The molecule has 1 atom stereocenters. The van der Waals surface area contributed by atoms with Crippen molar-refractivity contribution < 1.29 is 0 Å². The van der Waals surface area contributed by atoms with Crippen LogP contribution in [-0.2, 0) is 0 Å². The van der Waals surface area contributed by atoms with Crippen LogP contribution in [-0.4, -0.2) is 24.0 Å². The summed E-state index contributed by atoms with van der Waals surface area (Å²) in [5.74, 6) is 0.563. The van der Waals surface area contributed by atoms with E-state index in [1.54, 1.807) is 0 Å². The summed E-state index contributed by atoms with van der Waals surface area (Å²) in [6, 6.07) is 7.11. The lowest BCUT2D eigenvalue weighted by Gasteiger charge is -2.27. The Hall–Kier alpha value is -3.69. The Morgan fingerprint density at radius 3 is 2.66 bits per heavy atom. The molecule has 0 spiro atoms. The lowest BCUT2D eigenvalue weighted by Crippen LogP contribution is -2.32. The van der Waals surface area contributed by atoms with Crippen molar-refractivity contribution in [3.05, 3.63) is 39.9 Å². The first-order valence-electron chi connectivity index (χ1n) is 9.06. The third kappa shape index (κ3) is 3.22. The number of hydrogen-bond donors (Lipinski definition) is 4. The molecule has 9 nitrogen and oxygen atoms in total. The zero-order valence-electron chi connectivity index (χ0n) is 15.4. The molecule has 2 aliphatic heterocycles. The van der Waals surface area contributed by atoms with Gasteiger partial charge >= 0.3 is 0 Å². The van der Waals surface area contributed by atoms with Crippen LogP contribution in [0.5, 0.6) is 0 Å². The molecule has 1 unspecified atom stereocenters. The molecule has 4 rings (SSSR count). The fraction of sp³-hybridized carbons (Fsp3) is 0.263. The number of nitrogen functional groups attached to an aromatic ring is 2. The van der Waals surface area contributed by atoms with E-state index >= 15 is 0 Å². The summed E-state index contributed by atoms with van der Waals surface area (Å²) in [6.07, 6.45) is 4.12. The Morgan fingerprint density at radius 1 is 1.24 bits per heavy atom. The highest BCUT2D eigenvalue weighted by Crippen LogP contribution is 2.42. The Labute approximate surface area is 172 Å². The lowest BCUT2D eigenvalue weighted by molar-refractivity contribution is 0.845. The summed E-state index contributed by atoms with van der Waals surface area (Å²) in [7, 11) is 0. The van der Waals surface area contributed by atoms with Crippen LogP contribution in [0, 0.1) is 22.8 Å². The molecule has 3 heterocycles. The van der Waals surface area contributed by atoms with Crippen LogP contribution in [0.25, 0.3) is 0 Å². The second-order valence-electron chi connectivity index (χ2n) is 6.81. The molecule has 1 saturated heterocycles. The van der Waals surface area contributed by atoms with E-state index < -0.39 is 6.04 Å². The number of benzene rings is 1. The van der Waals surface area contributed by atoms with Gasteiger partial charge in [0.15, 0.2) is 6.19 Å². The number of fused-ring (bicyclic) bond motifs is 1. The number of nitriles is 2. The van der Waals surface area contributed by atoms with Crippen LogP contribution in [0.15, 0.2) is 23.2 Å². The predicted octanol–water partition coefficient (Wildman–Crippen LogP) is 2.31. The van der Waals surface area contributed by atoms with E-state index in [0.29, 0.717) is 16.4 Å². The fourth-order valence-electron chi connectivity index (χ4n) is 3.73. The normalized spacial score (nSPS) is 17.6. The molecule has 6 N–H and O–H groups in total. The van der Waals surface area contributed by atoms with Crippen molar-refractivity contribution >= 4 is 40.6 Å². The summed E-state index contributed by atoms with van der Waals surface area (Å²) in [5.41, 5.74) is 14.7. The smallest absolute Gasteiger partial charge is 0.211 e. The van der Waals surface area contributed by atoms with E-state index in [1.807, 2.05) is 30.5 Å². The highest BCUT2D eigenvalue weighted by atomic mass is 35.5. The van der Waals surface area contributed by atoms with Crippen molar-refractivity contribution in [3.63, 3.8) is 0 Å². The molecule has 1 aromatic carbocycles. The minimum absolute atomic E-state index is 0.00983. The van der Waals surface area contributed by atoms with Crippen LogP contribution < -0.4 is 27.0 Å². The molecule has 0 amide bonds. The summed E-state index contributed by atoms with van der Waals surface area (Å²) in [6.45, 7) is 1.95. The maximum atomic E-state index is 9.41. The Kier molecular flexibility index (Phi) is 4.75. The van der Waals surface area contributed by atoms with Crippen LogP contribution in [0.4, 0.5) is 23.0 Å². The van der Waals surface area contributed by atoms with Crippen molar-refractivity contribution in [1.29, 1.82) is 10.5 Å². The second-order valence-corrected chi connectivity index (χ2v) is 7.21. The summed E-state index contributed by atoms with van der Waals surface area (Å²) in [5, 5.41) is 24.4. The van der Waals surface area contributed by atoms with Gasteiger partial charge in [0, 0.05) is 18.7 Å². The van der Waals surface area contributed by atoms with Crippen molar-refractivity contribution in [3.8, 4) is 12.3 Å². The van der Waals surface area contributed by atoms with Crippen LogP contribution in [0.3, 0.4) is 0 Å². The molecule has 0 radical (unpaired) electrons. The molecule has 0 saturated carbocycles. The average Bonchev–Trinajstić information content (AvgIpc) is 3.22. The van der Waals surface area contributed by atoms with Gasteiger partial charge in [-0.25, -0.2) is 9.98 Å². The Bertz CT molecular complexity index is 1090. The first-order valence-corrected chi connectivity index (χ1v) is 9.44. The largest absolute Gasteiger partial charge is 0.397 e. The van der Waals surface area contributed by atoms with Gasteiger partial charge in [-0.15, -0.1) is 0 Å². The predicted molar refractivity (Wildman–Crippen MR) is 112 cm³/mol. The average molecular weight is 408 g/mol. The van der Waals surface area contributed by atoms with E-state index in [4.69, 9.17) is 28.3 Å². The van der Waals surface area contributed by atoms with Crippen molar-refractivity contribution in [1.82, 2.24) is 10.3 Å². The van der Waals surface area contributed by atoms with E-state index in [1.165, 1.54) is 0 Å². The minimum Gasteiger partial charge on any atom is -0.397 e. The van der Waals surface area contributed by atoms with Gasteiger partial charge in [-0.05, 0) is 30.5 Å². The minimum atomic E-state index is -0.604. The maximum absolute atomic E-state index is 9.41. The van der Waals surface area contributed by atoms with Crippen molar-refractivity contribution in [2.45, 2.75) is 18.9 Å². The summed E-state index contributed by atoms with van der Waals surface area (Å²) < 4.78 is 0. The van der Waals surface area contributed by atoms with Gasteiger partial charge in [0.05, 0.1) is 16.4 Å². The molecule has 1 aromatic heterocycles. The fourth-order valence-corrected chi connectivity index (χ4v) is 4.04. The number of rotatable bonds is 2. The lowest BCUT2D eigenvalue weighted by atomic mass is 9.95. The molecule has 2 aromatic rings. The van der Waals surface area contributed by atoms with E-state index in [9.17, 15) is 5.26 Å². The van der Waals surface area contributed by atoms with E-state index in [0.717, 1.165) is 37.2 Å². The number of pyridine rings is 1. The number of nitrogens with zero attached hydrogens (tertiary/aromatic N) is 5. The first-order chi connectivity index (χ1) is 14.0. The van der Waals surface area contributed by atoms with Gasteiger partial charge in [0.1, 0.15) is 29.3 Å².